The standard InChI is InChI=1S/C18H19N5/c1-2-8-16-15(7-1)17(23-10-3-4-11-23)22-18(21-16)20-13-14-6-5-9-19-12-14/h1-2,5-9,12H,3-4,10-11,13H2,(H,20,21,22). The predicted octanol–water partition coefficient (Wildman–Crippen LogP) is 3.24. The lowest BCUT2D eigenvalue weighted by atomic mass is 10.2. The third kappa shape index (κ3) is 2.95. The number of hydrogen-bond donors (Lipinski definition) is 1. The van der Waals surface area contributed by atoms with Gasteiger partial charge in [0.2, 0.25) is 5.95 Å². The van der Waals surface area contributed by atoms with Gasteiger partial charge < -0.3 is 10.2 Å². The molecule has 1 N–H and O–H groups in total. The second-order valence-corrected chi connectivity index (χ2v) is 5.80. The molecule has 5 heteroatoms. The van der Waals surface area contributed by atoms with Crippen molar-refractivity contribution in [2.75, 3.05) is 23.3 Å². The maximum Gasteiger partial charge on any atom is 0.225 e. The van der Waals surface area contributed by atoms with Crippen LogP contribution in [-0.4, -0.2) is 28.0 Å². The van der Waals surface area contributed by atoms with Crippen LogP contribution in [0.4, 0.5) is 11.8 Å². The number of anilines is 2. The molecule has 0 aliphatic carbocycles. The van der Waals surface area contributed by atoms with Crippen molar-refractivity contribution in [2.24, 2.45) is 0 Å². The van der Waals surface area contributed by atoms with Crippen molar-refractivity contribution in [3.8, 4) is 0 Å². The highest BCUT2D eigenvalue weighted by molar-refractivity contribution is 5.90. The van der Waals surface area contributed by atoms with Crippen LogP contribution in [0.2, 0.25) is 0 Å². The van der Waals surface area contributed by atoms with Crippen LogP contribution in [0.1, 0.15) is 18.4 Å². The average Bonchev–Trinajstić information content (AvgIpc) is 3.14. The molecule has 1 aromatic carbocycles. The van der Waals surface area contributed by atoms with Gasteiger partial charge in [-0.25, -0.2) is 4.98 Å². The molecular formula is C18H19N5. The van der Waals surface area contributed by atoms with Crippen LogP contribution in [0.5, 0.6) is 0 Å². The van der Waals surface area contributed by atoms with E-state index in [0.717, 1.165) is 35.4 Å². The number of aromatic nitrogens is 3. The molecule has 116 valence electrons. The maximum atomic E-state index is 4.78. The van der Waals surface area contributed by atoms with E-state index in [1.165, 1.54) is 12.8 Å². The number of para-hydroxylation sites is 1. The minimum atomic E-state index is 0.672. The second-order valence-electron chi connectivity index (χ2n) is 5.80. The Morgan fingerprint density at radius 3 is 2.70 bits per heavy atom. The van der Waals surface area contributed by atoms with E-state index < -0.39 is 0 Å². The number of hydrogen-bond acceptors (Lipinski definition) is 5. The number of nitrogens with one attached hydrogen (secondary N) is 1. The van der Waals surface area contributed by atoms with E-state index in [0.29, 0.717) is 12.5 Å². The Kier molecular flexibility index (Phi) is 3.76. The lowest BCUT2D eigenvalue weighted by molar-refractivity contribution is 0.935. The van der Waals surface area contributed by atoms with Crippen LogP contribution < -0.4 is 10.2 Å². The van der Waals surface area contributed by atoms with Crippen LogP contribution in [0, 0.1) is 0 Å². The molecule has 0 unspecified atom stereocenters. The second kappa shape index (κ2) is 6.20. The number of nitrogens with zero attached hydrogens (tertiary/aromatic N) is 4. The Morgan fingerprint density at radius 2 is 1.87 bits per heavy atom. The summed E-state index contributed by atoms with van der Waals surface area (Å²) in [5.41, 5.74) is 2.10. The SMILES string of the molecule is c1cncc(CNc2nc(N3CCCC3)c3ccccc3n2)c1. The molecule has 1 aliphatic rings. The molecule has 23 heavy (non-hydrogen) atoms. The summed E-state index contributed by atoms with van der Waals surface area (Å²) in [4.78, 5) is 15.9. The van der Waals surface area contributed by atoms with Gasteiger partial charge in [0.05, 0.1) is 5.52 Å². The zero-order chi connectivity index (χ0) is 15.5. The lowest BCUT2D eigenvalue weighted by Gasteiger charge is -2.19. The summed E-state index contributed by atoms with van der Waals surface area (Å²) in [5, 5.41) is 4.45. The number of pyridine rings is 1. The van der Waals surface area contributed by atoms with Crippen molar-refractivity contribution in [3.63, 3.8) is 0 Å². The fourth-order valence-corrected chi connectivity index (χ4v) is 2.99. The van der Waals surface area contributed by atoms with Crippen molar-refractivity contribution in [1.82, 2.24) is 15.0 Å². The van der Waals surface area contributed by atoms with E-state index >= 15 is 0 Å². The highest BCUT2D eigenvalue weighted by Crippen LogP contribution is 2.27. The van der Waals surface area contributed by atoms with E-state index in [4.69, 9.17) is 4.98 Å². The lowest BCUT2D eigenvalue weighted by Crippen LogP contribution is -2.20. The third-order valence-corrected chi connectivity index (χ3v) is 4.16. The van der Waals surface area contributed by atoms with E-state index in [1.54, 1.807) is 6.20 Å². The molecule has 0 radical (unpaired) electrons. The van der Waals surface area contributed by atoms with Gasteiger partial charge in [0.25, 0.3) is 0 Å². The van der Waals surface area contributed by atoms with Gasteiger partial charge in [-0.15, -0.1) is 0 Å². The van der Waals surface area contributed by atoms with Crippen LogP contribution in [-0.2, 0) is 6.54 Å². The molecule has 4 rings (SSSR count). The first-order chi connectivity index (χ1) is 11.4. The molecule has 2 aromatic heterocycles. The van der Waals surface area contributed by atoms with Crippen molar-refractivity contribution in [1.29, 1.82) is 0 Å². The summed E-state index contributed by atoms with van der Waals surface area (Å²) >= 11 is 0. The molecule has 1 fully saturated rings. The number of benzene rings is 1. The Balaban J connectivity index is 1.66. The van der Waals surface area contributed by atoms with E-state index in [9.17, 15) is 0 Å². The summed E-state index contributed by atoms with van der Waals surface area (Å²) in [5.74, 6) is 1.72. The van der Waals surface area contributed by atoms with Gasteiger partial charge in [0, 0.05) is 37.4 Å². The minimum Gasteiger partial charge on any atom is -0.356 e. The largest absolute Gasteiger partial charge is 0.356 e. The quantitative estimate of drug-likeness (QED) is 0.802. The molecule has 3 aromatic rings. The summed E-state index contributed by atoms with van der Waals surface area (Å²) in [6, 6.07) is 12.2. The minimum absolute atomic E-state index is 0.672. The molecule has 1 aliphatic heterocycles. The molecule has 0 bridgehead atoms. The summed E-state index contributed by atoms with van der Waals surface area (Å²) in [6.07, 6.45) is 6.10. The van der Waals surface area contributed by atoms with Crippen molar-refractivity contribution < 1.29 is 0 Å². The van der Waals surface area contributed by atoms with Gasteiger partial charge in [0.1, 0.15) is 5.82 Å². The monoisotopic (exact) mass is 305 g/mol. The van der Waals surface area contributed by atoms with Gasteiger partial charge in [-0.1, -0.05) is 18.2 Å². The predicted molar refractivity (Wildman–Crippen MR) is 92.5 cm³/mol. The summed E-state index contributed by atoms with van der Waals surface area (Å²) in [6.45, 7) is 2.82. The van der Waals surface area contributed by atoms with Crippen LogP contribution in [0.25, 0.3) is 10.9 Å². The zero-order valence-electron chi connectivity index (χ0n) is 12.9. The zero-order valence-corrected chi connectivity index (χ0v) is 12.9. The van der Waals surface area contributed by atoms with Gasteiger partial charge in [-0.3, -0.25) is 4.98 Å². The molecule has 0 atom stereocenters. The molecule has 0 saturated carbocycles. The van der Waals surface area contributed by atoms with E-state index in [2.05, 4.69) is 26.3 Å². The number of fused-ring (bicyclic) bond motifs is 1. The molecule has 0 amide bonds. The first-order valence-corrected chi connectivity index (χ1v) is 8.05. The molecule has 3 heterocycles. The topological polar surface area (TPSA) is 53.9 Å². The van der Waals surface area contributed by atoms with Crippen molar-refractivity contribution >= 4 is 22.7 Å². The van der Waals surface area contributed by atoms with Crippen LogP contribution in [0.15, 0.2) is 48.8 Å². The Bertz CT molecular complexity index is 797. The first-order valence-electron chi connectivity index (χ1n) is 8.05. The third-order valence-electron chi connectivity index (χ3n) is 4.16. The van der Waals surface area contributed by atoms with E-state index in [1.807, 2.05) is 36.5 Å². The molecule has 0 spiro atoms. The van der Waals surface area contributed by atoms with E-state index in [-0.39, 0.29) is 0 Å². The summed E-state index contributed by atoms with van der Waals surface area (Å²) < 4.78 is 0. The van der Waals surface area contributed by atoms with Gasteiger partial charge >= 0.3 is 0 Å². The smallest absolute Gasteiger partial charge is 0.225 e. The Hall–Kier alpha value is -2.69. The van der Waals surface area contributed by atoms with Crippen LogP contribution >= 0.6 is 0 Å². The van der Waals surface area contributed by atoms with Gasteiger partial charge in [-0.2, -0.15) is 4.98 Å². The maximum absolute atomic E-state index is 4.78. The van der Waals surface area contributed by atoms with Gasteiger partial charge in [0.15, 0.2) is 0 Å². The molecule has 1 saturated heterocycles. The first kappa shape index (κ1) is 13.9. The van der Waals surface area contributed by atoms with Crippen LogP contribution in [0.3, 0.4) is 0 Å². The van der Waals surface area contributed by atoms with Crippen molar-refractivity contribution in [3.05, 3.63) is 54.4 Å². The van der Waals surface area contributed by atoms with Gasteiger partial charge in [-0.05, 0) is 36.6 Å². The number of rotatable bonds is 4. The summed E-state index contributed by atoms with van der Waals surface area (Å²) in [7, 11) is 0. The average molecular weight is 305 g/mol. The molecular weight excluding hydrogens is 286 g/mol. The highest BCUT2D eigenvalue weighted by atomic mass is 15.2. The van der Waals surface area contributed by atoms with Crippen molar-refractivity contribution in [2.45, 2.75) is 19.4 Å². The Labute approximate surface area is 135 Å². The molecule has 5 nitrogen and oxygen atoms in total. The fraction of sp³-hybridized carbons (Fsp3) is 0.278. The fourth-order valence-electron chi connectivity index (χ4n) is 2.99. The highest BCUT2D eigenvalue weighted by Gasteiger charge is 2.17. The Morgan fingerprint density at radius 1 is 1.00 bits per heavy atom. The normalized spacial score (nSPS) is 14.3.